The zero-order chi connectivity index (χ0) is 18.8. The molecule has 0 bridgehead atoms. The van der Waals surface area contributed by atoms with Crippen molar-refractivity contribution in [2.45, 2.75) is 26.8 Å². The van der Waals surface area contributed by atoms with E-state index in [0.29, 0.717) is 16.4 Å². The molecule has 0 spiro atoms. The van der Waals surface area contributed by atoms with E-state index < -0.39 is 22.0 Å². The molecule has 7 heteroatoms. The van der Waals surface area contributed by atoms with Crippen LogP contribution < -0.4 is 9.62 Å². The standard InChI is InChI=1S/C18H21ClN2O3S/c1-12-5-6-13(2)17(11-12)20-18(22)14(3)21(25(4,23)24)16-9-7-15(19)8-10-16/h5-11,14H,1-4H3,(H,20,22)/t14-/m1/s1. The fourth-order valence-corrected chi connectivity index (χ4v) is 3.81. The van der Waals surface area contributed by atoms with Crippen LogP contribution in [-0.4, -0.2) is 26.6 Å². The molecule has 2 rings (SSSR count). The van der Waals surface area contributed by atoms with Crippen molar-refractivity contribution >= 4 is 38.9 Å². The molecule has 25 heavy (non-hydrogen) atoms. The third-order valence-electron chi connectivity index (χ3n) is 3.82. The average molecular weight is 381 g/mol. The third kappa shape index (κ3) is 4.74. The van der Waals surface area contributed by atoms with Crippen LogP contribution in [0.1, 0.15) is 18.1 Å². The zero-order valence-electron chi connectivity index (χ0n) is 14.6. The minimum absolute atomic E-state index is 0.385. The summed E-state index contributed by atoms with van der Waals surface area (Å²) in [4.78, 5) is 12.7. The Balaban J connectivity index is 2.33. The Labute approximate surface area is 153 Å². The number of benzene rings is 2. The molecular formula is C18H21ClN2O3S. The third-order valence-corrected chi connectivity index (χ3v) is 5.31. The van der Waals surface area contributed by atoms with Gasteiger partial charge in [0.05, 0.1) is 11.9 Å². The van der Waals surface area contributed by atoms with Crippen molar-refractivity contribution in [1.82, 2.24) is 0 Å². The van der Waals surface area contributed by atoms with Crippen molar-refractivity contribution in [3.05, 3.63) is 58.6 Å². The van der Waals surface area contributed by atoms with E-state index in [1.807, 2.05) is 32.0 Å². The zero-order valence-corrected chi connectivity index (χ0v) is 16.1. The van der Waals surface area contributed by atoms with Crippen LogP contribution in [0.4, 0.5) is 11.4 Å². The van der Waals surface area contributed by atoms with Crippen molar-refractivity contribution in [2.75, 3.05) is 15.9 Å². The molecule has 134 valence electrons. The summed E-state index contributed by atoms with van der Waals surface area (Å²) in [5.74, 6) is -0.408. The maximum Gasteiger partial charge on any atom is 0.248 e. The molecule has 0 saturated carbocycles. The Morgan fingerprint density at radius 1 is 1.12 bits per heavy atom. The quantitative estimate of drug-likeness (QED) is 0.858. The highest BCUT2D eigenvalue weighted by Crippen LogP contribution is 2.24. The lowest BCUT2D eigenvalue weighted by atomic mass is 10.1. The number of carbonyl (C=O) groups is 1. The first kappa shape index (κ1) is 19.3. The molecule has 0 radical (unpaired) electrons. The van der Waals surface area contributed by atoms with Gasteiger partial charge in [0.1, 0.15) is 6.04 Å². The van der Waals surface area contributed by atoms with Crippen LogP contribution in [-0.2, 0) is 14.8 Å². The van der Waals surface area contributed by atoms with E-state index in [9.17, 15) is 13.2 Å². The molecule has 0 fully saturated rings. The summed E-state index contributed by atoms with van der Waals surface area (Å²) in [7, 11) is -3.66. The van der Waals surface area contributed by atoms with E-state index in [1.54, 1.807) is 31.2 Å². The topological polar surface area (TPSA) is 66.5 Å². The monoisotopic (exact) mass is 380 g/mol. The van der Waals surface area contributed by atoms with E-state index in [0.717, 1.165) is 21.7 Å². The molecule has 5 nitrogen and oxygen atoms in total. The Hall–Kier alpha value is -2.05. The Morgan fingerprint density at radius 2 is 1.72 bits per heavy atom. The van der Waals surface area contributed by atoms with Crippen molar-refractivity contribution in [2.24, 2.45) is 0 Å². The summed E-state index contributed by atoms with van der Waals surface area (Å²) in [6.07, 6.45) is 1.07. The number of rotatable bonds is 5. The van der Waals surface area contributed by atoms with Crippen molar-refractivity contribution < 1.29 is 13.2 Å². The second kappa shape index (κ2) is 7.45. The van der Waals surface area contributed by atoms with Crippen LogP contribution in [0.15, 0.2) is 42.5 Å². The Kier molecular flexibility index (Phi) is 5.75. The summed E-state index contributed by atoms with van der Waals surface area (Å²) in [6.45, 7) is 5.36. The SMILES string of the molecule is Cc1ccc(C)c(NC(=O)[C@@H](C)N(c2ccc(Cl)cc2)S(C)(=O)=O)c1. The first-order valence-electron chi connectivity index (χ1n) is 7.72. The van der Waals surface area contributed by atoms with Gasteiger partial charge in [0.25, 0.3) is 0 Å². The van der Waals surface area contributed by atoms with Gasteiger partial charge in [-0.2, -0.15) is 0 Å². The van der Waals surface area contributed by atoms with Gasteiger partial charge in [0.2, 0.25) is 15.9 Å². The normalized spacial score (nSPS) is 12.5. The second-order valence-electron chi connectivity index (χ2n) is 6.02. The average Bonchev–Trinajstić information content (AvgIpc) is 2.51. The molecule has 2 aromatic rings. The van der Waals surface area contributed by atoms with Crippen LogP contribution >= 0.6 is 11.6 Å². The number of sulfonamides is 1. The summed E-state index contributed by atoms with van der Waals surface area (Å²) >= 11 is 5.87. The Bertz CT molecular complexity index is 880. The first-order valence-corrected chi connectivity index (χ1v) is 9.95. The molecule has 1 N–H and O–H groups in total. The van der Waals surface area contributed by atoms with Crippen LogP contribution in [0, 0.1) is 13.8 Å². The molecule has 1 atom stereocenters. The molecule has 0 aliphatic rings. The van der Waals surface area contributed by atoms with E-state index in [-0.39, 0.29) is 0 Å². The highest BCUT2D eigenvalue weighted by molar-refractivity contribution is 7.92. The smallest absolute Gasteiger partial charge is 0.248 e. The van der Waals surface area contributed by atoms with Gasteiger partial charge >= 0.3 is 0 Å². The number of carbonyl (C=O) groups excluding carboxylic acids is 1. The number of nitrogens with one attached hydrogen (secondary N) is 1. The summed E-state index contributed by atoms with van der Waals surface area (Å²) in [6, 6.07) is 11.1. The lowest BCUT2D eigenvalue weighted by Gasteiger charge is -2.28. The highest BCUT2D eigenvalue weighted by Gasteiger charge is 2.29. The van der Waals surface area contributed by atoms with Crippen molar-refractivity contribution in [1.29, 1.82) is 0 Å². The Morgan fingerprint density at radius 3 is 2.28 bits per heavy atom. The summed E-state index contributed by atoms with van der Waals surface area (Å²) in [5.41, 5.74) is 2.96. The number of anilines is 2. The van der Waals surface area contributed by atoms with Crippen LogP contribution in [0.5, 0.6) is 0 Å². The van der Waals surface area contributed by atoms with Crippen molar-refractivity contribution in [3.63, 3.8) is 0 Å². The van der Waals surface area contributed by atoms with Gasteiger partial charge < -0.3 is 5.32 Å². The predicted octanol–water partition coefficient (Wildman–Crippen LogP) is 3.75. The molecular weight excluding hydrogens is 360 g/mol. The van der Waals surface area contributed by atoms with Gasteiger partial charge in [-0.25, -0.2) is 8.42 Å². The number of halogens is 1. The highest BCUT2D eigenvalue weighted by atomic mass is 35.5. The molecule has 0 heterocycles. The number of aryl methyl sites for hydroxylation is 2. The summed E-state index contributed by atoms with van der Waals surface area (Å²) in [5, 5.41) is 3.30. The largest absolute Gasteiger partial charge is 0.324 e. The second-order valence-corrected chi connectivity index (χ2v) is 8.31. The van der Waals surface area contributed by atoms with E-state index in [1.165, 1.54) is 0 Å². The predicted molar refractivity (Wildman–Crippen MR) is 103 cm³/mol. The maximum absolute atomic E-state index is 12.7. The fourth-order valence-electron chi connectivity index (χ4n) is 2.50. The molecule has 0 aliphatic carbocycles. The number of hydrogen-bond acceptors (Lipinski definition) is 3. The molecule has 0 unspecified atom stereocenters. The lowest BCUT2D eigenvalue weighted by molar-refractivity contribution is -0.116. The van der Waals surface area contributed by atoms with Gasteiger partial charge in [-0.1, -0.05) is 23.7 Å². The fraction of sp³-hybridized carbons (Fsp3) is 0.278. The molecule has 0 aliphatic heterocycles. The van der Waals surface area contributed by atoms with Crippen molar-refractivity contribution in [3.8, 4) is 0 Å². The van der Waals surface area contributed by atoms with Crippen LogP contribution in [0.3, 0.4) is 0 Å². The lowest BCUT2D eigenvalue weighted by Crippen LogP contribution is -2.45. The van der Waals surface area contributed by atoms with E-state index >= 15 is 0 Å². The van der Waals surface area contributed by atoms with E-state index in [4.69, 9.17) is 11.6 Å². The minimum Gasteiger partial charge on any atom is -0.324 e. The number of hydrogen-bond donors (Lipinski definition) is 1. The molecule has 0 saturated heterocycles. The van der Waals surface area contributed by atoms with Gasteiger partial charge in [-0.05, 0) is 62.2 Å². The maximum atomic E-state index is 12.7. The van der Waals surface area contributed by atoms with Gasteiger partial charge in [-0.3, -0.25) is 9.10 Å². The van der Waals surface area contributed by atoms with Gasteiger partial charge in [-0.15, -0.1) is 0 Å². The van der Waals surface area contributed by atoms with E-state index in [2.05, 4.69) is 5.32 Å². The molecule has 1 amide bonds. The first-order chi connectivity index (χ1) is 11.6. The number of amides is 1. The molecule has 0 aromatic heterocycles. The van der Waals surface area contributed by atoms with Crippen LogP contribution in [0.2, 0.25) is 5.02 Å². The van der Waals surface area contributed by atoms with Crippen LogP contribution in [0.25, 0.3) is 0 Å². The summed E-state index contributed by atoms with van der Waals surface area (Å²) < 4.78 is 25.6. The van der Waals surface area contributed by atoms with Gasteiger partial charge in [0, 0.05) is 10.7 Å². The number of nitrogens with zero attached hydrogens (tertiary/aromatic N) is 1. The minimum atomic E-state index is -3.66. The molecule has 2 aromatic carbocycles. The van der Waals surface area contributed by atoms with Gasteiger partial charge in [0.15, 0.2) is 0 Å².